The summed E-state index contributed by atoms with van der Waals surface area (Å²) < 4.78 is 15.5. The standard InChI is InChI=1S/C11H15O6P/c1-8(12)11(2,13)10(17-18(14,15)16)9-6-4-3-5-7-9/h3-7,10,13H,1-2H3,(H2,14,15,16)/t10-,11-/m1/s1. The predicted molar refractivity (Wildman–Crippen MR) is 63.6 cm³/mol. The number of benzene rings is 1. The molecule has 0 aliphatic rings. The first-order valence-corrected chi connectivity index (χ1v) is 6.70. The maximum Gasteiger partial charge on any atom is 0.470 e. The van der Waals surface area contributed by atoms with Crippen LogP contribution >= 0.6 is 7.82 Å². The Balaban J connectivity index is 3.20. The first kappa shape index (κ1) is 15.0. The van der Waals surface area contributed by atoms with Crippen molar-refractivity contribution >= 4 is 13.6 Å². The Morgan fingerprint density at radius 1 is 1.33 bits per heavy atom. The second-order valence-electron chi connectivity index (χ2n) is 4.09. The van der Waals surface area contributed by atoms with Crippen molar-refractivity contribution in [3.8, 4) is 0 Å². The van der Waals surface area contributed by atoms with Crippen LogP contribution in [0.3, 0.4) is 0 Å². The molecule has 0 unspecified atom stereocenters. The molecule has 100 valence electrons. The number of hydrogen-bond donors (Lipinski definition) is 3. The van der Waals surface area contributed by atoms with E-state index >= 15 is 0 Å². The summed E-state index contributed by atoms with van der Waals surface area (Å²) in [5.74, 6) is -0.648. The van der Waals surface area contributed by atoms with Crippen molar-refractivity contribution < 1.29 is 28.8 Å². The Morgan fingerprint density at radius 2 is 1.83 bits per heavy atom. The molecule has 1 aromatic rings. The number of carbonyl (C=O) groups excluding carboxylic acids is 1. The first-order chi connectivity index (χ1) is 8.14. The predicted octanol–water partition coefficient (Wildman–Crippen LogP) is 1.18. The van der Waals surface area contributed by atoms with Gasteiger partial charge in [0.15, 0.2) is 11.4 Å². The van der Waals surface area contributed by atoms with E-state index in [9.17, 15) is 14.5 Å². The molecule has 7 heteroatoms. The van der Waals surface area contributed by atoms with E-state index in [1.807, 2.05) is 0 Å². The van der Waals surface area contributed by atoms with Gasteiger partial charge in [-0.3, -0.25) is 9.32 Å². The van der Waals surface area contributed by atoms with Crippen LogP contribution in [0, 0.1) is 0 Å². The third kappa shape index (κ3) is 3.73. The number of phosphoric acid groups is 1. The van der Waals surface area contributed by atoms with Crippen LogP contribution in [0.1, 0.15) is 25.5 Å². The SMILES string of the molecule is CC(=O)[C@@](C)(O)[C@H](OP(=O)(O)O)c1ccccc1. The van der Waals surface area contributed by atoms with Gasteiger partial charge in [-0.15, -0.1) is 0 Å². The summed E-state index contributed by atoms with van der Waals surface area (Å²) >= 11 is 0. The van der Waals surface area contributed by atoms with Crippen LogP contribution in [0.4, 0.5) is 0 Å². The van der Waals surface area contributed by atoms with E-state index in [1.54, 1.807) is 18.2 Å². The summed E-state index contributed by atoms with van der Waals surface area (Å²) in [5.41, 5.74) is -1.72. The van der Waals surface area contributed by atoms with Crippen molar-refractivity contribution in [3.63, 3.8) is 0 Å². The molecule has 6 nitrogen and oxygen atoms in total. The highest BCUT2D eigenvalue weighted by molar-refractivity contribution is 7.46. The molecule has 0 bridgehead atoms. The zero-order valence-electron chi connectivity index (χ0n) is 9.98. The van der Waals surface area contributed by atoms with Crippen LogP contribution in [0.25, 0.3) is 0 Å². The monoisotopic (exact) mass is 274 g/mol. The highest BCUT2D eigenvalue weighted by atomic mass is 31.2. The van der Waals surface area contributed by atoms with Gasteiger partial charge in [-0.25, -0.2) is 4.57 Å². The highest BCUT2D eigenvalue weighted by Gasteiger charge is 2.42. The largest absolute Gasteiger partial charge is 0.470 e. The van der Waals surface area contributed by atoms with E-state index < -0.39 is 25.3 Å². The zero-order chi connectivity index (χ0) is 14.0. The van der Waals surface area contributed by atoms with Gasteiger partial charge in [0.05, 0.1) is 0 Å². The molecule has 1 rings (SSSR count). The number of phosphoric ester groups is 1. The quantitative estimate of drug-likeness (QED) is 0.696. The van der Waals surface area contributed by atoms with Crippen molar-refractivity contribution in [1.29, 1.82) is 0 Å². The second-order valence-corrected chi connectivity index (χ2v) is 5.28. The van der Waals surface area contributed by atoms with Crippen molar-refractivity contribution in [3.05, 3.63) is 35.9 Å². The van der Waals surface area contributed by atoms with E-state index in [-0.39, 0.29) is 0 Å². The van der Waals surface area contributed by atoms with Crippen molar-refractivity contribution in [2.45, 2.75) is 25.6 Å². The number of carbonyl (C=O) groups is 1. The fraction of sp³-hybridized carbons (Fsp3) is 0.364. The molecule has 0 amide bonds. The van der Waals surface area contributed by atoms with Gasteiger partial charge in [-0.2, -0.15) is 0 Å². The third-order valence-corrected chi connectivity index (χ3v) is 3.05. The Morgan fingerprint density at radius 3 is 2.22 bits per heavy atom. The molecule has 0 fully saturated rings. The number of ketones is 1. The lowest BCUT2D eigenvalue weighted by atomic mass is 9.90. The first-order valence-electron chi connectivity index (χ1n) is 5.17. The third-order valence-electron chi connectivity index (χ3n) is 2.57. The van der Waals surface area contributed by atoms with E-state index in [0.29, 0.717) is 5.56 Å². The molecule has 0 heterocycles. The van der Waals surface area contributed by atoms with Crippen LogP contribution < -0.4 is 0 Å². The number of aliphatic hydroxyl groups is 1. The highest BCUT2D eigenvalue weighted by Crippen LogP contribution is 2.46. The molecule has 3 N–H and O–H groups in total. The van der Waals surface area contributed by atoms with Gasteiger partial charge in [0.1, 0.15) is 6.10 Å². The minimum atomic E-state index is -4.84. The molecule has 2 atom stereocenters. The molecule has 18 heavy (non-hydrogen) atoms. The average molecular weight is 274 g/mol. The molecular formula is C11H15O6P. The Labute approximate surface area is 104 Å². The lowest BCUT2D eigenvalue weighted by Gasteiger charge is -2.30. The maximum absolute atomic E-state index is 11.4. The molecular weight excluding hydrogens is 259 g/mol. The zero-order valence-corrected chi connectivity index (χ0v) is 10.9. The normalized spacial score (nSPS) is 16.9. The molecule has 0 aliphatic carbocycles. The summed E-state index contributed by atoms with van der Waals surface area (Å²) in [6.45, 7) is 2.28. The van der Waals surface area contributed by atoms with Crippen molar-refractivity contribution in [2.24, 2.45) is 0 Å². The Hall–Kier alpha value is -1.04. The van der Waals surface area contributed by atoms with Crippen molar-refractivity contribution in [1.82, 2.24) is 0 Å². The molecule has 1 aromatic carbocycles. The minimum absolute atomic E-state index is 0.307. The number of rotatable bonds is 5. The second kappa shape index (κ2) is 5.30. The van der Waals surface area contributed by atoms with Crippen LogP contribution in [-0.2, 0) is 13.9 Å². The molecule has 0 saturated heterocycles. The smallest absolute Gasteiger partial charge is 0.379 e. The van der Waals surface area contributed by atoms with Crippen LogP contribution in [0.2, 0.25) is 0 Å². The van der Waals surface area contributed by atoms with Gasteiger partial charge in [-0.05, 0) is 19.4 Å². The van der Waals surface area contributed by atoms with Gasteiger partial charge >= 0.3 is 7.82 Å². The van der Waals surface area contributed by atoms with Crippen LogP contribution in [0.15, 0.2) is 30.3 Å². The van der Waals surface area contributed by atoms with Gasteiger partial charge in [-0.1, -0.05) is 30.3 Å². The van der Waals surface area contributed by atoms with Crippen molar-refractivity contribution in [2.75, 3.05) is 0 Å². The van der Waals surface area contributed by atoms with E-state index in [1.165, 1.54) is 12.1 Å². The van der Waals surface area contributed by atoms with Gasteiger partial charge in [0.2, 0.25) is 0 Å². The van der Waals surface area contributed by atoms with Gasteiger partial charge < -0.3 is 14.9 Å². The number of hydrogen-bond acceptors (Lipinski definition) is 4. The summed E-state index contributed by atoms with van der Waals surface area (Å²) in [7, 11) is -4.84. The minimum Gasteiger partial charge on any atom is -0.379 e. The summed E-state index contributed by atoms with van der Waals surface area (Å²) in [6, 6.07) is 7.94. The summed E-state index contributed by atoms with van der Waals surface area (Å²) in [4.78, 5) is 29.1. The molecule has 0 aliphatic heterocycles. The Kier molecular flexibility index (Phi) is 4.42. The number of Topliss-reactive ketones (excluding diaryl/α,β-unsaturated/α-hetero) is 1. The van der Waals surface area contributed by atoms with E-state index in [4.69, 9.17) is 9.79 Å². The summed E-state index contributed by atoms with van der Waals surface area (Å²) in [5, 5.41) is 10.1. The molecule has 0 radical (unpaired) electrons. The van der Waals surface area contributed by atoms with E-state index in [2.05, 4.69) is 4.52 Å². The topological polar surface area (TPSA) is 104 Å². The van der Waals surface area contributed by atoms with Crippen LogP contribution in [0.5, 0.6) is 0 Å². The molecule has 0 saturated carbocycles. The fourth-order valence-corrected chi connectivity index (χ4v) is 2.04. The van der Waals surface area contributed by atoms with E-state index in [0.717, 1.165) is 13.8 Å². The lowest BCUT2D eigenvalue weighted by Crippen LogP contribution is -2.41. The summed E-state index contributed by atoms with van der Waals surface area (Å²) in [6.07, 6.45) is -1.43. The average Bonchev–Trinajstić information content (AvgIpc) is 2.25. The van der Waals surface area contributed by atoms with Gasteiger partial charge in [0.25, 0.3) is 0 Å². The lowest BCUT2D eigenvalue weighted by molar-refractivity contribution is -0.144. The fourth-order valence-electron chi connectivity index (χ4n) is 1.44. The Bertz CT molecular complexity index is 464. The van der Waals surface area contributed by atoms with Gasteiger partial charge in [0, 0.05) is 0 Å². The molecule has 0 aromatic heterocycles. The van der Waals surface area contributed by atoms with Crippen LogP contribution in [-0.4, -0.2) is 26.3 Å². The maximum atomic E-state index is 11.4. The molecule has 0 spiro atoms.